The normalized spacial score (nSPS) is 19.5. The van der Waals surface area contributed by atoms with E-state index in [1.54, 1.807) is 21.0 Å². The van der Waals surface area contributed by atoms with E-state index in [1.807, 2.05) is 37.3 Å². The summed E-state index contributed by atoms with van der Waals surface area (Å²) in [6, 6.07) is 14.0. The summed E-state index contributed by atoms with van der Waals surface area (Å²) >= 11 is 0. The van der Waals surface area contributed by atoms with Gasteiger partial charge in [0, 0.05) is 5.41 Å². The van der Waals surface area contributed by atoms with Crippen LogP contribution in [0.2, 0.25) is 0 Å². The summed E-state index contributed by atoms with van der Waals surface area (Å²) in [6.07, 6.45) is 0.548. The van der Waals surface area contributed by atoms with Gasteiger partial charge in [-0.3, -0.25) is 9.59 Å². The summed E-state index contributed by atoms with van der Waals surface area (Å²) < 4.78 is 16.2. The molecule has 2 aromatic rings. The molecule has 5 heteroatoms. The molecular weight excluding hydrogens is 380 g/mol. The summed E-state index contributed by atoms with van der Waals surface area (Å²) in [5, 5.41) is 0. The highest BCUT2D eigenvalue weighted by atomic mass is 16.6. The number of aryl methyl sites for hydroxylation is 1. The molecule has 2 aromatic carbocycles. The lowest BCUT2D eigenvalue weighted by molar-refractivity contribution is -0.174. The second kappa shape index (κ2) is 8.50. The molecule has 1 atom stereocenters. The summed E-state index contributed by atoms with van der Waals surface area (Å²) in [5.41, 5.74) is 2.12. The number of methoxy groups -OCH3 is 1. The lowest BCUT2D eigenvalue weighted by atomic mass is 9.57. The number of ether oxygens (including phenoxy) is 3. The third kappa shape index (κ3) is 3.57. The standard InChI is InChI=1S/C25H30O5/c1-6-29-22(26)25(23(27)30-7-2)15-18-10-8-9-11-20(18)24(4,16-25)19-12-13-21(28-5)17(3)14-19/h8-14H,6-7,15-16H2,1-5H3. The molecule has 0 aromatic heterocycles. The summed E-state index contributed by atoms with van der Waals surface area (Å²) in [6.45, 7) is 7.99. The van der Waals surface area contributed by atoms with Crippen molar-refractivity contribution in [3.05, 3.63) is 64.7 Å². The van der Waals surface area contributed by atoms with Crippen LogP contribution < -0.4 is 4.74 Å². The van der Waals surface area contributed by atoms with E-state index in [2.05, 4.69) is 19.1 Å². The van der Waals surface area contributed by atoms with Crippen molar-refractivity contribution in [3.8, 4) is 5.75 Å². The molecule has 0 aliphatic heterocycles. The van der Waals surface area contributed by atoms with Crippen LogP contribution in [-0.2, 0) is 30.9 Å². The molecule has 0 spiro atoms. The van der Waals surface area contributed by atoms with Gasteiger partial charge < -0.3 is 14.2 Å². The average Bonchev–Trinajstić information content (AvgIpc) is 2.73. The van der Waals surface area contributed by atoms with Crippen LogP contribution in [0.25, 0.3) is 0 Å². The van der Waals surface area contributed by atoms with Crippen molar-refractivity contribution in [2.24, 2.45) is 5.41 Å². The fourth-order valence-corrected chi connectivity index (χ4v) is 4.69. The average molecular weight is 411 g/mol. The number of fused-ring (bicyclic) bond motifs is 1. The van der Waals surface area contributed by atoms with Crippen LogP contribution in [0, 0.1) is 12.3 Å². The van der Waals surface area contributed by atoms with E-state index in [4.69, 9.17) is 14.2 Å². The Bertz CT molecular complexity index is 930. The van der Waals surface area contributed by atoms with E-state index in [0.29, 0.717) is 0 Å². The molecule has 1 unspecified atom stereocenters. The zero-order valence-corrected chi connectivity index (χ0v) is 18.4. The quantitative estimate of drug-likeness (QED) is 0.523. The van der Waals surface area contributed by atoms with E-state index in [1.165, 1.54) is 0 Å². The minimum Gasteiger partial charge on any atom is -0.496 e. The van der Waals surface area contributed by atoms with Gasteiger partial charge in [-0.25, -0.2) is 0 Å². The van der Waals surface area contributed by atoms with Crippen molar-refractivity contribution < 1.29 is 23.8 Å². The lowest BCUT2D eigenvalue weighted by Gasteiger charge is -2.45. The smallest absolute Gasteiger partial charge is 0.323 e. The fraction of sp³-hybridized carbons (Fsp3) is 0.440. The molecule has 0 N–H and O–H groups in total. The number of hydrogen-bond acceptors (Lipinski definition) is 5. The highest BCUT2D eigenvalue weighted by molar-refractivity contribution is 6.01. The molecular formula is C25H30O5. The van der Waals surface area contributed by atoms with Crippen LogP contribution in [0.1, 0.15) is 49.4 Å². The Labute approximate surface area is 178 Å². The molecule has 0 radical (unpaired) electrons. The Morgan fingerprint density at radius 3 is 2.20 bits per heavy atom. The maximum Gasteiger partial charge on any atom is 0.323 e. The lowest BCUT2D eigenvalue weighted by Crippen LogP contribution is -2.51. The maximum atomic E-state index is 13.2. The van der Waals surface area contributed by atoms with Crippen LogP contribution >= 0.6 is 0 Å². The van der Waals surface area contributed by atoms with Gasteiger partial charge in [0.05, 0.1) is 20.3 Å². The van der Waals surface area contributed by atoms with Gasteiger partial charge in [0.2, 0.25) is 0 Å². The molecule has 1 aliphatic carbocycles. The van der Waals surface area contributed by atoms with Crippen molar-refractivity contribution in [1.29, 1.82) is 0 Å². The highest BCUT2D eigenvalue weighted by Crippen LogP contribution is 2.51. The van der Waals surface area contributed by atoms with Crippen LogP contribution in [0.15, 0.2) is 42.5 Å². The van der Waals surface area contributed by atoms with Crippen LogP contribution in [0.4, 0.5) is 0 Å². The van der Waals surface area contributed by atoms with Gasteiger partial charge in [0.15, 0.2) is 5.41 Å². The zero-order valence-electron chi connectivity index (χ0n) is 18.4. The molecule has 30 heavy (non-hydrogen) atoms. The van der Waals surface area contributed by atoms with E-state index in [-0.39, 0.29) is 26.1 Å². The first-order valence-corrected chi connectivity index (χ1v) is 10.4. The minimum absolute atomic E-state index is 0.208. The number of rotatable bonds is 6. The number of carbonyl (C=O) groups excluding carboxylic acids is 2. The van der Waals surface area contributed by atoms with E-state index >= 15 is 0 Å². The molecule has 0 saturated heterocycles. The van der Waals surface area contributed by atoms with Gasteiger partial charge in [0.1, 0.15) is 5.75 Å². The largest absolute Gasteiger partial charge is 0.496 e. The van der Waals surface area contributed by atoms with Crippen molar-refractivity contribution in [3.63, 3.8) is 0 Å². The van der Waals surface area contributed by atoms with Crippen molar-refractivity contribution >= 4 is 11.9 Å². The van der Waals surface area contributed by atoms with Crippen molar-refractivity contribution in [1.82, 2.24) is 0 Å². The SMILES string of the molecule is CCOC(=O)C1(C(=O)OCC)Cc2ccccc2C(C)(c2ccc(OC)c(C)c2)C1. The monoisotopic (exact) mass is 410 g/mol. The van der Waals surface area contributed by atoms with E-state index in [9.17, 15) is 9.59 Å². The number of carbonyl (C=O) groups is 2. The molecule has 160 valence electrons. The molecule has 0 saturated carbocycles. The molecule has 3 rings (SSSR count). The Morgan fingerprint density at radius 1 is 1.00 bits per heavy atom. The van der Waals surface area contributed by atoms with Crippen molar-refractivity contribution in [2.75, 3.05) is 20.3 Å². The highest BCUT2D eigenvalue weighted by Gasteiger charge is 2.57. The second-order valence-corrected chi connectivity index (χ2v) is 8.05. The maximum absolute atomic E-state index is 13.2. The molecule has 0 fully saturated rings. The van der Waals surface area contributed by atoms with E-state index in [0.717, 1.165) is 28.0 Å². The summed E-state index contributed by atoms with van der Waals surface area (Å²) in [5.74, 6) is -0.239. The molecule has 0 bridgehead atoms. The van der Waals surface area contributed by atoms with E-state index < -0.39 is 22.8 Å². The van der Waals surface area contributed by atoms with Crippen LogP contribution in [0.3, 0.4) is 0 Å². The van der Waals surface area contributed by atoms with Crippen LogP contribution in [-0.4, -0.2) is 32.3 Å². The molecule has 5 nitrogen and oxygen atoms in total. The topological polar surface area (TPSA) is 61.8 Å². The predicted molar refractivity (Wildman–Crippen MR) is 115 cm³/mol. The Morgan fingerprint density at radius 2 is 1.63 bits per heavy atom. The number of benzene rings is 2. The number of hydrogen-bond donors (Lipinski definition) is 0. The third-order valence-corrected chi connectivity index (χ3v) is 6.12. The van der Waals surface area contributed by atoms with Gasteiger partial charge >= 0.3 is 11.9 Å². The zero-order chi connectivity index (χ0) is 21.9. The van der Waals surface area contributed by atoms with Gasteiger partial charge in [-0.05, 0) is 61.9 Å². The molecule has 1 aliphatic rings. The molecule has 0 amide bonds. The van der Waals surface area contributed by atoms with Crippen molar-refractivity contribution in [2.45, 2.75) is 46.0 Å². The first kappa shape index (κ1) is 21.9. The first-order valence-electron chi connectivity index (χ1n) is 10.4. The Hall–Kier alpha value is -2.82. The van der Waals surface area contributed by atoms with Gasteiger partial charge in [0.25, 0.3) is 0 Å². The van der Waals surface area contributed by atoms with Gasteiger partial charge in [-0.15, -0.1) is 0 Å². The summed E-state index contributed by atoms with van der Waals surface area (Å²) in [4.78, 5) is 26.4. The predicted octanol–water partition coefficient (Wildman–Crippen LogP) is 4.37. The first-order chi connectivity index (χ1) is 14.3. The fourth-order valence-electron chi connectivity index (χ4n) is 4.69. The third-order valence-electron chi connectivity index (χ3n) is 6.12. The van der Waals surface area contributed by atoms with Crippen LogP contribution in [0.5, 0.6) is 5.75 Å². The Balaban J connectivity index is 2.23. The second-order valence-electron chi connectivity index (χ2n) is 8.05. The minimum atomic E-state index is -1.39. The Kier molecular flexibility index (Phi) is 6.20. The van der Waals surface area contributed by atoms with Gasteiger partial charge in [-0.1, -0.05) is 43.3 Å². The molecule has 0 heterocycles. The summed E-state index contributed by atoms with van der Waals surface area (Å²) in [7, 11) is 1.65. The number of esters is 2. The van der Waals surface area contributed by atoms with Gasteiger partial charge in [-0.2, -0.15) is 0 Å².